The molecule has 0 atom stereocenters. The van der Waals surface area contributed by atoms with Gasteiger partial charge in [-0.2, -0.15) is 13.2 Å². The largest absolute Gasteiger partial charge is 0.416 e. The molecule has 0 bridgehead atoms. The van der Waals surface area contributed by atoms with Crippen LogP contribution in [0.2, 0.25) is 0 Å². The molecule has 0 fully saturated rings. The molecule has 0 aliphatic heterocycles. The topological polar surface area (TPSA) is 45.7 Å². The van der Waals surface area contributed by atoms with Crippen LogP contribution in [0.25, 0.3) is 0 Å². The number of aliphatic imine (C=N–C) groups is 1. The first-order valence-electron chi connectivity index (χ1n) is 7.41. The smallest absolute Gasteiger partial charge is 0.377 e. The van der Waals surface area contributed by atoms with E-state index in [0.717, 1.165) is 12.1 Å². The number of halogens is 3. The van der Waals surface area contributed by atoms with E-state index in [-0.39, 0.29) is 5.60 Å². The summed E-state index contributed by atoms with van der Waals surface area (Å²) in [6, 6.07) is 5.02. The van der Waals surface area contributed by atoms with E-state index in [4.69, 9.17) is 4.74 Å². The van der Waals surface area contributed by atoms with Gasteiger partial charge in [-0.15, -0.1) is 0 Å². The third kappa shape index (κ3) is 6.90. The van der Waals surface area contributed by atoms with Crippen LogP contribution in [0.3, 0.4) is 0 Å². The first-order chi connectivity index (χ1) is 10.7. The zero-order valence-corrected chi connectivity index (χ0v) is 13.9. The van der Waals surface area contributed by atoms with E-state index < -0.39 is 11.7 Å². The van der Waals surface area contributed by atoms with Crippen LogP contribution in [0.4, 0.5) is 13.2 Å². The molecule has 1 rings (SSSR count). The number of nitrogens with zero attached hydrogens (tertiary/aromatic N) is 1. The molecule has 23 heavy (non-hydrogen) atoms. The van der Waals surface area contributed by atoms with Crippen LogP contribution in [0, 0.1) is 0 Å². The molecule has 0 saturated heterocycles. The van der Waals surface area contributed by atoms with Crippen LogP contribution < -0.4 is 10.6 Å². The first kappa shape index (κ1) is 19.3. The Kier molecular flexibility index (Phi) is 6.87. The summed E-state index contributed by atoms with van der Waals surface area (Å²) in [5.74, 6) is 0.595. The van der Waals surface area contributed by atoms with Crippen molar-refractivity contribution < 1.29 is 17.9 Å². The maximum Gasteiger partial charge on any atom is 0.416 e. The van der Waals surface area contributed by atoms with Crippen molar-refractivity contribution >= 4 is 5.96 Å². The summed E-state index contributed by atoms with van der Waals surface area (Å²) in [6.07, 6.45) is -4.32. The van der Waals surface area contributed by atoms with Gasteiger partial charge in [0.2, 0.25) is 0 Å². The lowest BCUT2D eigenvalue weighted by molar-refractivity contribution is -0.137. The number of alkyl halides is 3. The Morgan fingerprint density at radius 3 is 2.22 bits per heavy atom. The normalized spacial score (nSPS) is 13.1. The first-order valence-corrected chi connectivity index (χ1v) is 7.41. The predicted molar refractivity (Wildman–Crippen MR) is 85.4 cm³/mol. The van der Waals surface area contributed by atoms with Gasteiger partial charge in [0.25, 0.3) is 0 Å². The molecule has 130 valence electrons. The van der Waals surface area contributed by atoms with Crippen molar-refractivity contribution in [2.45, 2.75) is 39.1 Å². The number of benzene rings is 1. The Balaban J connectivity index is 2.70. The molecule has 0 aliphatic rings. The average Bonchev–Trinajstić information content (AvgIpc) is 2.49. The highest BCUT2D eigenvalue weighted by molar-refractivity contribution is 5.79. The van der Waals surface area contributed by atoms with Crippen molar-refractivity contribution in [2.75, 3.05) is 20.2 Å². The van der Waals surface area contributed by atoms with Crippen molar-refractivity contribution in [3.05, 3.63) is 35.4 Å². The Morgan fingerprint density at radius 1 is 1.13 bits per heavy atom. The van der Waals surface area contributed by atoms with Crippen LogP contribution in [0.1, 0.15) is 31.9 Å². The van der Waals surface area contributed by atoms with Crippen molar-refractivity contribution in [1.82, 2.24) is 10.6 Å². The third-order valence-electron chi connectivity index (χ3n) is 3.28. The van der Waals surface area contributed by atoms with Crippen LogP contribution in [0.15, 0.2) is 29.3 Å². The fourth-order valence-corrected chi connectivity index (χ4v) is 1.68. The maximum absolute atomic E-state index is 12.5. The van der Waals surface area contributed by atoms with Gasteiger partial charge < -0.3 is 15.4 Å². The molecule has 0 unspecified atom stereocenters. The van der Waals surface area contributed by atoms with Gasteiger partial charge >= 0.3 is 6.18 Å². The van der Waals surface area contributed by atoms with Gasteiger partial charge in [-0.3, -0.25) is 0 Å². The zero-order chi connectivity index (χ0) is 17.5. The van der Waals surface area contributed by atoms with E-state index in [1.807, 2.05) is 20.8 Å². The molecule has 0 aromatic heterocycles. The van der Waals surface area contributed by atoms with E-state index in [1.54, 1.807) is 7.11 Å². The summed E-state index contributed by atoms with van der Waals surface area (Å²) in [5, 5.41) is 6.24. The minimum Gasteiger partial charge on any atom is -0.377 e. The van der Waals surface area contributed by atoms with Gasteiger partial charge in [-0.05, 0) is 38.5 Å². The molecule has 0 radical (unpaired) electrons. The van der Waals surface area contributed by atoms with E-state index in [0.29, 0.717) is 31.2 Å². The van der Waals surface area contributed by atoms with Crippen LogP contribution in [-0.4, -0.2) is 31.8 Å². The maximum atomic E-state index is 12.5. The van der Waals surface area contributed by atoms with Gasteiger partial charge in [0.05, 0.1) is 17.7 Å². The lowest BCUT2D eigenvalue weighted by Crippen LogP contribution is -2.45. The van der Waals surface area contributed by atoms with Gasteiger partial charge in [-0.25, -0.2) is 4.99 Å². The highest BCUT2D eigenvalue weighted by Gasteiger charge is 2.29. The Bertz CT molecular complexity index is 510. The van der Waals surface area contributed by atoms with Crippen LogP contribution >= 0.6 is 0 Å². The van der Waals surface area contributed by atoms with E-state index in [2.05, 4.69) is 15.6 Å². The molecule has 0 aliphatic carbocycles. The summed E-state index contributed by atoms with van der Waals surface area (Å²) >= 11 is 0. The lowest BCUT2D eigenvalue weighted by Gasteiger charge is -2.24. The van der Waals surface area contributed by atoms with E-state index >= 15 is 0 Å². The average molecular weight is 331 g/mol. The monoisotopic (exact) mass is 331 g/mol. The predicted octanol–water partition coefficient (Wildman–Crippen LogP) is 3.19. The summed E-state index contributed by atoms with van der Waals surface area (Å²) < 4.78 is 42.9. The van der Waals surface area contributed by atoms with Crippen molar-refractivity contribution in [1.29, 1.82) is 0 Å². The minimum atomic E-state index is -4.32. The zero-order valence-electron chi connectivity index (χ0n) is 13.9. The second-order valence-corrected chi connectivity index (χ2v) is 5.71. The van der Waals surface area contributed by atoms with E-state index in [1.165, 1.54) is 12.1 Å². The summed E-state index contributed by atoms with van der Waals surface area (Å²) in [4.78, 5) is 4.37. The van der Waals surface area contributed by atoms with Crippen LogP contribution in [-0.2, 0) is 17.5 Å². The summed E-state index contributed by atoms with van der Waals surface area (Å²) in [5.41, 5.74) is -0.289. The van der Waals surface area contributed by atoms with Gasteiger partial charge in [0, 0.05) is 20.2 Å². The number of ether oxygens (including phenoxy) is 1. The highest BCUT2D eigenvalue weighted by Crippen LogP contribution is 2.29. The molecular weight excluding hydrogens is 307 g/mol. The number of methoxy groups -OCH3 is 1. The summed E-state index contributed by atoms with van der Waals surface area (Å²) in [6.45, 7) is 7.37. The van der Waals surface area contributed by atoms with Gasteiger partial charge in [-0.1, -0.05) is 12.1 Å². The molecule has 0 amide bonds. The number of hydrogen-bond acceptors (Lipinski definition) is 2. The minimum absolute atomic E-state index is 0.293. The fourth-order valence-electron chi connectivity index (χ4n) is 1.68. The molecule has 1 aromatic rings. The van der Waals surface area contributed by atoms with Crippen LogP contribution in [0.5, 0.6) is 0 Å². The van der Waals surface area contributed by atoms with Gasteiger partial charge in [0.15, 0.2) is 5.96 Å². The van der Waals surface area contributed by atoms with Gasteiger partial charge in [0.1, 0.15) is 0 Å². The Labute approximate surface area is 135 Å². The molecule has 2 N–H and O–H groups in total. The molecule has 0 spiro atoms. The molecule has 4 nitrogen and oxygen atoms in total. The second kappa shape index (κ2) is 8.19. The molecule has 0 heterocycles. The number of hydrogen-bond donors (Lipinski definition) is 2. The Hall–Kier alpha value is -1.76. The second-order valence-electron chi connectivity index (χ2n) is 5.71. The van der Waals surface area contributed by atoms with Crippen molar-refractivity contribution in [2.24, 2.45) is 4.99 Å². The number of nitrogens with one attached hydrogen (secondary N) is 2. The van der Waals surface area contributed by atoms with Crippen molar-refractivity contribution in [3.8, 4) is 0 Å². The fraction of sp³-hybridized carbons (Fsp3) is 0.562. The quantitative estimate of drug-likeness (QED) is 0.622. The SMILES string of the molecule is CCNC(=NCc1ccc(C(F)(F)F)cc1)NCC(C)(C)OC. The Morgan fingerprint density at radius 2 is 1.74 bits per heavy atom. The third-order valence-corrected chi connectivity index (χ3v) is 3.28. The molecule has 0 saturated carbocycles. The lowest BCUT2D eigenvalue weighted by atomic mass is 10.1. The molecule has 7 heteroatoms. The molecule has 1 aromatic carbocycles. The van der Waals surface area contributed by atoms with E-state index in [9.17, 15) is 13.2 Å². The standard InChI is InChI=1S/C16H24F3N3O/c1-5-20-14(22-11-15(2,3)23-4)21-10-12-6-8-13(9-7-12)16(17,18)19/h6-9H,5,10-11H2,1-4H3,(H2,20,21,22). The number of guanidine groups is 1. The summed E-state index contributed by atoms with van der Waals surface area (Å²) in [7, 11) is 1.63. The molecular formula is C16H24F3N3O. The highest BCUT2D eigenvalue weighted by atomic mass is 19.4. The number of rotatable bonds is 6. The van der Waals surface area contributed by atoms with Crippen molar-refractivity contribution in [3.63, 3.8) is 0 Å².